The number of carboxylic acids is 1. The van der Waals surface area contributed by atoms with E-state index in [2.05, 4.69) is 15.9 Å². The first-order valence-electron chi connectivity index (χ1n) is 6.14. The van der Waals surface area contributed by atoms with Gasteiger partial charge in [-0.2, -0.15) is 0 Å². The van der Waals surface area contributed by atoms with E-state index in [0.29, 0.717) is 25.4 Å². The van der Waals surface area contributed by atoms with Crippen LogP contribution in [0.5, 0.6) is 11.5 Å². The second-order valence-electron chi connectivity index (χ2n) is 5.35. The van der Waals surface area contributed by atoms with Gasteiger partial charge in [-0.15, -0.1) is 0 Å². The van der Waals surface area contributed by atoms with Gasteiger partial charge in [0, 0.05) is 4.47 Å². The number of carboxylic acid groups (broad SMARTS) is 1. The lowest BCUT2D eigenvalue weighted by molar-refractivity contribution is -0.146. The highest BCUT2D eigenvalue weighted by molar-refractivity contribution is 9.10. The number of benzene rings is 1. The second-order valence-corrected chi connectivity index (χ2v) is 6.21. The molecule has 0 atom stereocenters. The Kier molecular flexibility index (Phi) is 3.76. The van der Waals surface area contributed by atoms with Crippen LogP contribution in [0.25, 0.3) is 0 Å². The maximum Gasteiger partial charge on any atom is 0.309 e. The Labute approximate surface area is 120 Å². The van der Waals surface area contributed by atoms with E-state index in [-0.39, 0.29) is 0 Å². The van der Waals surface area contributed by atoms with Gasteiger partial charge in [0.15, 0.2) is 11.5 Å². The van der Waals surface area contributed by atoms with Crippen LogP contribution in [0.1, 0.15) is 25.0 Å². The van der Waals surface area contributed by atoms with Crippen molar-refractivity contribution >= 4 is 21.9 Å². The van der Waals surface area contributed by atoms with Crippen molar-refractivity contribution in [3.8, 4) is 11.5 Å². The van der Waals surface area contributed by atoms with Gasteiger partial charge in [-0.25, -0.2) is 0 Å². The Morgan fingerprint density at radius 1 is 1.42 bits per heavy atom. The summed E-state index contributed by atoms with van der Waals surface area (Å²) in [6.07, 6.45) is 0.436. The van der Waals surface area contributed by atoms with Gasteiger partial charge in [-0.3, -0.25) is 4.79 Å². The summed E-state index contributed by atoms with van der Waals surface area (Å²) in [4.78, 5) is 11.3. The monoisotopic (exact) mass is 328 g/mol. The molecule has 1 heterocycles. The number of fused-ring (bicyclic) bond motifs is 1. The van der Waals surface area contributed by atoms with Crippen LogP contribution in [0.3, 0.4) is 0 Å². The van der Waals surface area contributed by atoms with E-state index >= 15 is 0 Å². The summed E-state index contributed by atoms with van der Waals surface area (Å²) in [6, 6.07) is 1.86. The molecule has 1 aromatic rings. The van der Waals surface area contributed by atoms with Crippen molar-refractivity contribution in [2.45, 2.75) is 27.2 Å². The van der Waals surface area contributed by atoms with Crippen LogP contribution in [0.15, 0.2) is 10.5 Å². The van der Waals surface area contributed by atoms with Gasteiger partial charge in [0.1, 0.15) is 13.2 Å². The van der Waals surface area contributed by atoms with Gasteiger partial charge in [-0.1, -0.05) is 15.9 Å². The van der Waals surface area contributed by atoms with Crippen molar-refractivity contribution in [2.24, 2.45) is 5.41 Å². The van der Waals surface area contributed by atoms with E-state index in [4.69, 9.17) is 9.47 Å². The van der Waals surface area contributed by atoms with Crippen molar-refractivity contribution in [1.29, 1.82) is 0 Å². The number of hydrogen-bond acceptors (Lipinski definition) is 3. The van der Waals surface area contributed by atoms with Crippen molar-refractivity contribution in [3.05, 3.63) is 21.7 Å². The van der Waals surface area contributed by atoms with Crippen LogP contribution < -0.4 is 9.47 Å². The first-order chi connectivity index (χ1) is 8.83. The zero-order valence-electron chi connectivity index (χ0n) is 11.2. The van der Waals surface area contributed by atoms with Crippen LogP contribution >= 0.6 is 15.9 Å². The third kappa shape index (κ3) is 2.71. The van der Waals surface area contributed by atoms with Crippen LogP contribution in [0.4, 0.5) is 0 Å². The van der Waals surface area contributed by atoms with Crippen molar-refractivity contribution in [1.82, 2.24) is 0 Å². The van der Waals surface area contributed by atoms with E-state index in [0.717, 1.165) is 21.3 Å². The minimum atomic E-state index is -0.822. The summed E-state index contributed by atoms with van der Waals surface area (Å²) < 4.78 is 12.0. The largest absolute Gasteiger partial charge is 0.486 e. The fourth-order valence-corrected chi connectivity index (χ4v) is 2.73. The molecule has 0 aliphatic carbocycles. The summed E-state index contributed by atoms with van der Waals surface area (Å²) in [6.45, 7) is 6.44. The molecule has 1 N–H and O–H groups in total. The first kappa shape index (κ1) is 14.2. The predicted octanol–water partition coefficient (Wildman–Crippen LogP) is 3.18. The zero-order valence-corrected chi connectivity index (χ0v) is 12.8. The molecule has 4 nitrogen and oxygen atoms in total. The van der Waals surface area contributed by atoms with Crippen molar-refractivity contribution < 1.29 is 19.4 Å². The second kappa shape index (κ2) is 5.04. The topological polar surface area (TPSA) is 55.8 Å². The first-order valence-corrected chi connectivity index (χ1v) is 6.93. The number of aliphatic carboxylic acids is 1. The molecular weight excluding hydrogens is 312 g/mol. The van der Waals surface area contributed by atoms with Gasteiger partial charge in [0.2, 0.25) is 0 Å². The molecular formula is C14H17BrO4. The number of hydrogen-bond donors (Lipinski definition) is 1. The molecule has 0 spiro atoms. The molecule has 0 fully saturated rings. The third-order valence-electron chi connectivity index (χ3n) is 3.35. The molecule has 0 radical (unpaired) electrons. The van der Waals surface area contributed by atoms with E-state index in [1.165, 1.54) is 0 Å². The van der Waals surface area contributed by atoms with E-state index < -0.39 is 11.4 Å². The lowest BCUT2D eigenvalue weighted by Gasteiger charge is -2.26. The Hall–Kier alpha value is -1.23. The molecule has 0 aromatic heterocycles. The molecule has 0 unspecified atom stereocenters. The Morgan fingerprint density at radius 2 is 2.05 bits per heavy atom. The zero-order chi connectivity index (χ0) is 14.2. The minimum Gasteiger partial charge on any atom is -0.486 e. The summed E-state index contributed by atoms with van der Waals surface area (Å²) in [5, 5.41) is 9.25. The average Bonchev–Trinajstić information content (AvgIpc) is 2.34. The Bertz CT molecular complexity index is 523. The van der Waals surface area contributed by atoms with Crippen LogP contribution in [0, 0.1) is 12.3 Å². The van der Waals surface area contributed by atoms with Gasteiger partial charge < -0.3 is 14.6 Å². The molecule has 1 aliphatic rings. The molecule has 1 aromatic carbocycles. The maximum absolute atomic E-state index is 11.3. The van der Waals surface area contributed by atoms with Gasteiger partial charge in [0.05, 0.1) is 5.41 Å². The van der Waals surface area contributed by atoms with E-state index in [1.807, 2.05) is 13.0 Å². The fraction of sp³-hybridized carbons (Fsp3) is 0.500. The van der Waals surface area contributed by atoms with E-state index in [9.17, 15) is 9.90 Å². The Balaban J connectivity index is 2.44. The molecule has 0 saturated carbocycles. The SMILES string of the molecule is Cc1c(CC(C)(C)C(=O)O)c(Br)cc2c1OCCO2. The number of halogens is 1. The lowest BCUT2D eigenvalue weighted by Crippen LogP contribution is -2.27. The summed E-state index contributed by atoms with van der Waals surface area (Å²) in [5.41, 5.74) is 1.08. The van der Waals surface area contributed by atoms with Gasteiger partial charge in [-0.05, 0) is 44.4 Å². The molecule has 1 aliphatic heterocycles. The van der Waals surface area contributed by atoms with Crippen molar-refractivity contribution in [2.75, 3.05) is 13.2 Å². The Morgan fingerprint density at radius 3 is 2.68 bits per heavy atom. The van der Waals surface area contributed by atoms with Crippen molar-refractivity contribution in [3.63, 3.8) is 0 Å². The molecule has 2 rings (SSSR count). The summed E-state index contributed by atoms with van der Waals surface area (Å²) >= 11 is 3.50. The molecule has 0 saturated heterocycles. The van der Waals surface area contributed by atoms with Gasteiger partial charge >= 0.3 is 5.97 Å². The van der Waals surface area contributed by atoms with Crippen LogP contribution in [-0.2, 0) is 11.2 Å². The van der Waals surface area contributed by atoms with Crippen LogP contribution in [-0.4, -0.2) is 24.3 Å². The average molecular weight is 329 g/mol. The highest BCUT2D eigenvalue weighted by atomic mass is 79.9. The van der Waals surface area contributed by atoms with Crippen LogP contribution in [0.2, 0.25) is 0 Å². The molecule has 0 bridgehead atoms. The molecule has 104 valence electrons. The minimum absolute atomic E-state index is 0.436. The lowest BCUT2D eigenvalue weighted by atomic mass is 9.84. The highest BCUT2D eigenvalue weighted by Gasteiger charge is 2.30. The summed E-state index contributed by atoms with van der Waals surface area (Å²) in [7, 11) is 0. The smallest absolute Gasteiger partial charge is 0.309 e. The number of rotatable bonds is 3. The highest BCUT2D eigenvalue weighted by Crippen LogP contribution is 2.41. The normalized spacial score (nSPS) is 14.3. The quantitative estimate of drug-likeness (QED) is 0.925. The number of ether oxygens (including phenoxy) is 2. The molecule has 0 amide bonds. The number of carbonyl (C=O) groups is 1. The third-order valence-corrected chi connectivity index (χ3v) is 4.06. The summed E-state index contributed by atoms with van der Waals surface area (Å²) in [5.74, 6) is 0.631. The molecule has 19 heavy (non-hydrogen) atoms. The predicted molar refractivity (Wildman–Crippen MR) is 75.0 cm³/mol. The fourth-order valence-electron chi connectivity index (χ4n) is 2.09. The molecule has 5 heteroatoms. The van der Waals surface area contributed by atoms with E-state index in [1.54, 1.807) is 13.8 Å². The van der Waals surface area contributed by atoms with Gasteiger partial charge in [0.25, 0.3) is 0 Å². The standard InChI is InChI=1S/C14H17BrO4/c1-8-9(7-14(2,3)13(16)17)10(15)6-11-12(8)19-5-4-18-11/h6H,4-5,7H2,1-3H3,(H,16,17). The maximum atomic E-state index is 11.3.